The van der Waals surface area contributed by atoms with Crippen molar-refractivity contribution >= 4 is 40.7 Å². The zero-order valence-corrected chi connectivity index (χ0v) is 29.5. The topological polar surface area (TPSA) is 101 Å². The molecule has 2 aliphatic rings. The average Bonchev–Trinajstić information content (AvgIpc) is 3.54. The van der Waals surface area contributed by atoms with Crippen molar-refractivity contribution in [3.05, 3.63) is 159 Å². The van der Waals surface area contributed by atoms with E-state index in [0.29, 0.717) is 39.3 Å². The largest absolute Gasteiger partial charge is 0.399 e. The molecule has 6 aromatic rings. The SMILES string of the molecule is Cc1ccc(-c2ccc3c(c2)C(=O)N(c2ccc(-c4ccc(N5C(=O)c6ccc(-c7ccc(N)cc7)cc6C5=O)c(C)c4C)c(C)c2C)C3=O)cc1. The Kier molecular flexibility index (Phi) is 7.54. The molecule has 2 N–H and O–H groups in total. The van der Waals surface area contributed by atoms with Gasteiger partial charge in [-0.1, -0.05) is 66.2 Å². The van der Waals surface area contributed by atoms with E-state index in [1.165, 1.54) is 9.80 Å². The van der Waals surface area contributed by atoms with Gasteiger partial charge < -0.3 is 5.73 Å². The fourth-order valence-corrected chi connectivity index (χ4v) is 7.38. The van der Waals surface area contributed by atoms with Gasteiger partial charge in [0.05, 0.1) is 33.6 Å². The van der Waals surface area contributed by atoms with Crippen LogP contribution in [0.2, 0.25) is 0 Å². The summed E-state index contributed by atoms with van der Waals surface area (Å²) < 4.78 is 0. The predicted molar refractivity (Wildman–Crippen MR) is 206 cm³/mol. The van der Waals surface area contributed by atoms with Gasteiger partial charge in [0.1, 0.15) is 0 Å². The molecule has 0 unspecified atom stereocenters. The van der Waals surface area contributed by atoms with E-state index in [1.54, 1.807) is 36.4 Å². The lowest BCUT2D eigenvalue weighted by molar-refractivity contribution is 0.0910. The molecule has 2 aliphatic heterocycles. The molecule has 0 saturated carbocycles. The summed E-state index contributed by atoms with van der Waals surface area (Å²) in [5.41, 5.74) is 19.1. The van der Waals surface area contributed by atoms with E-state index < -0.39 is 0 Å². The smallest absolute Gasteiger partial charge is 0.266 e. The average molecular weight is 682 g/mol. The molecule has 6 aromatic carbocycles. The molecule has 0 fully saturated rings. The van der Waals surface area contributed by atoms with Gasteiger partial charge in [0.25, 0.3) is 23.6 Å². The van der Waals surface area contributed by atoms with Gasteiger partial charge in [-0.05, 0) is 139 Å². The molecule has 7 heteroatoms. The number of anilines is 3. The molecule has 0 radical (unpaired) electrons. The standard InChI is InChI=1S/C45H35N3O4/c1-24-6-8-29(9-7-24)31-12-16-36-38(22-31)44(51)47(42(36)49)40-20-18-34(25(2)27(40)4)35-19-21-41(28(5)26(35)3)48-43(50)37-17-13-32(23-39(37)45(48)52)30-10-14-33(46)15-11-30/h6-23H,46H2,1-5H3. The third kappa shape index (κ3) is 4.96. The van der Waals surface area contributed by atoms with Crippen LogP contribution in [0.3, 0.4) is 0 Å². The van der Waals surface area contributed by atoms with Gasteiger partial charge in [0, 0.05) is 5.69 Å². The Balaban J connectivity index is 1.10. The summed E-state index contributed by atoms with van der Waals surface area (Å²) >= 11 is 0. The lowest BCUT2D eigenvalue weighted by Gasteiger charge is -2.23. The summed E-state index contributed by atoms with van der Waals surface area (Å²) in [5.74, 6) is -1.41. The molecule has 0 aliphatic carbocycles. The molecule has 0 saturated heterocycles. The zero-order valence-electron chi connectivity index (χ0n) is 29.5. The van der Waals surface area contributed by atoms with Crippen molar-refractivity contribution in [2.24, 2.45) is 0 Å². The maximum Gasteiger partial charge on any atom is 0.266 e. The van der Waals surface area contributed by atoms with Crippen molar-refractivity contribution < 1.29 is 19.2 Å². The zero-order chi connectivity index (χ0) is 36.6. The lowest BCUT2D eigenvalue weighted by atomic mass is 9.90. The second kappa shape index (κ2) is 12.0. The number of hydrogen-bond acceptors (Lipinski definition) is 5. The Morgan fingerprint density at radius 1 is 0.365 bits per heavy atom. The van der Waals surface area contributed by atoms with Gasteiger partial charge in [-0.15, -0.1) is 0 Å². The van der Waals surface area contributed by atoms with Gasteiger partial charge in [-0.25, -0.2) is 9.80 Å². The number of benzene rings is 6. The van der Waals surface area contributed by atoms with Crippen LogP contribution in [0.5, 0.6) is 0 Å². The third-order valence-corrected chi connectivity index (χ3v) is 10.7. The number of fused-ring (bicyclic) bond motifs is 2. The van der Waals surface area contributed by atoms with Crippen LogP contribution in [0.4, 0.5) is 17.1 Å². The van der Waals surface area contributed by atoms with E-state index in [2.05, 4.69) is 0 Å². The van der Waals surface area contributed by atoms with Crippen molar-refractivity contribution in [3.63, 3.8) is 0 Å². The highest BCUT2D eigenvalue weighted by Gasteiger charge is 2.39. The molecule has 0 bridgehead atoms. The first-order valence-corrected chi connectivity index (χ1v) is 17.1. The number of nitrogen functional groups attached to an aromatic ring is 1. The van der Waals surface area contributed by atoms with Crippen LogP contribution >= 0.6 is 0 Å². The summed E-state index contributed by atoms with van der Waals surface area (Å²) in [4.78, 5) is 57.4. The van der Waals surface area contributed by atoms with Crippen molar-refractivity contribution in [2.45, 2.75) is 34.6 Å². The van der Waals surface area contributed by atoms with Crippen molar-refractivity contribution in [1.29, 1.82) is 0 Å². The van der Waals surface area contributed by atoms with Crippen molar-refractivity contribution in [2.75, 3.05) is 15.5 Å². The number of hydrogen-bond donors (Lipinski definition) is 1. The number of rotatable bonds is 5. The Bertz CT molecular complexity index is 2370. The van der Waals surface area contributed by atoms with E-state index in [1.807, 2.05) is 107 Å². The number of aryl methyl sites for hydroxylation is 1. The number of imide groups is 2. The van der Waals surface area contributed by atoms with Crippen LogP contribution in [0.15, 0.2) is 109 Å². The lowest BCUT2D eigenvalue weighted by Crippen LogP contribution is -2.30. The van der Waals surface area contributed by atoms with E-state index >= 15 is 0 Å². The Labute approximate surface area is 301 Å². The van der Waals surface area contributed by atoms with Gasteiger partial charge >= 0.3 is 0 Å². The minimum absolute atomic E-state index is 0.344. The maximum atomic E-state index is 13.8. The Morgan fingerprint density at radius 3 is 1.13 bits per heavy atom. The van der Waals surface area contributed by atoms with E-state index in [-0.39, 0.29) is 23.6 Å². The first-order chi connectivity index (χ1) is 24.9. The van der Waals surface area contributed by atoms with Crippen LogP contribution < -0.4 is 15.5 Å². The molecule has 8 rings (SSSR count). The molecule has 2 heterocycles. The first-order valence-electron chi connectivity index (χ1n) is 17.1. The summed E-state index contributed by atoms with van der Waals surface area (Å²) in [6.07, 6.45) is 0. The number of carbonyl (C=O) groups is 4. The number of nitrogens with zero attached hydrogens (tertiary/aromatic N) is 2. The van der Waals surface area contributed by atoms with Gasteiger partial charge in [0.15, 0.2) is 0 Å². The summed E-state index contributed by atoms with van der Waals surface area (Å²) in [5, 5.41) is 0. The Morgan fingerprint density at radius 2 is 0.712 bits per heavy atom. The second-order valence-electron chi connectivity index (χ2n) is 13.7. The highest BCUT2D eigenvalue weighted by Crippen LogP contribution is 2.41. The Hall–Kier alpha value is -6.60. The molecule has 0 atom stereocenters. The fourth-order valence-electron chi connectivity index (χ4n) is 7.38. The third-order valence-electron chi connectivity index (χ3n) is 10.7. The highest BCUT2D eigenvalue weighted by molar-refractivity contribution is 6.36. The molecule has 7 nitrogen and oxygen atoms in total. The van der Waals surface area contributed by atoms with Crippen LogP contribution in [-0.2, 0) is 0 Å². The number of nitrogens with two attached hydrogens (primary N) is 1. The molecule has 0 aromatic heterocycles. The number of amides is 4. The molecule has 52 heavy (non-hydrogen) atoms. The van der Waals surface area contributed by atoms with Crippen LogP contribution in [0.25, 0.3) is 33.4 Å². The minimum atomic E-state index is -0.365. The van der Waals surface area contributed by atoms with Gasteiger partial charge in [-0.3, -0.25) is 19.2 Å². The molecular weight excluding hydrogens is 647 g/mol. The fraction of sp³-hybridized carbons (Fsp3) is 0.111. The van der Waals surface area contributed by atoms with Gasteiger partial charge in [0.2, 0.25) is 0 Å². The molecule has 0 spiro atoms. The maximum absolute atomic E-state index is 13.8. The molecule has 4 amide bonds. The van der Waals surface area contributed by atoms with Crippen molar-refractivity contribution in [1.82, 2.24) is 0 Å². The monoisotopic (exact) mass is 681 g/mol. The van der Waals surface area contributed by atoms with Gasteiger partial charge in [-0.2, -0.15) is 0 Å². The second-order valence-corrected chi connectivity index (χ2v) is 13.7. The van der Waals surface area contributed by atoms with E-state index in [0.717, 1.165) is 61.2 Å². The predicted octanol–water partition coefficient (Wildman–Crippen LogP) is 9.41. The molecule has 254 valence electrons. The first kappa shape index (κ1) is 32.6. The number of carbonyl (C=O) groups excluding carboxylic acids is 4. The van der Waals surface area contributed by atoms with E-state index in [4.69, 9.17) is 5.73 Å². The van der Waals surface area contributed by atoms with Crippen LogP contribution in [0, 0.1) is 34.6 Å². The van der Waals surface area contributed by atoms with Crippen LogP contribution in [0.1, 0.15) is 69.2 Å². The minimum Gasteiger partial charge on any atom is -0.399 e. The highest BCUT2D eigenvalue weighted by atomic mass is 16.2. The molecular formula is C45H35N3O4. The summed E-state index contributed by atoms with van der Waals surface area (Å²) in [7, 11) is 0. The summed E-state index contributed by atoms with van der Waals surface area (Å²) in [6, 6.07) is 33.7. The summed E-state index contributed by atoms with van der Waals surface area (Å²) in [6.45, 7) is 9.81. The normalized spacial score (nSPS) is 13.6. The van der Waals surface area contributed by atoms with E-state index in [9.17, 15) is 19.2 Å². The van der Waals surface area contributed by atoms with Crippen LogP contribution in [-0.4, -0.2) is 23.6 Å². The quantitative estimate of drug-likeness (QED) is 0.144. The van der Waals surface area contributed by atoms with Crippen molar-refractivity contribution in [3.8, 4) is 33.4 Å².